The maximum Gasteiger partial charge on any atom is 0.241 e. The molecule has 0 aliphatic heterocycles. The molecule has 0 saturated carbocycles. The zero-order valence-corrected chi connectivity index (χ0v) is 12.6. The van der Waals surface area contributed by atoms with Gasteiger partial charge in [-0.25, -0.2) is 13.1 Å². The second-order valence-corrected chi connectivity index (χ2v) is 6.43. The van der Waals surface area contributed by atoms with Crippen molar-refractivity contribution in [3.05, 3.63) is 59.4 Å². The van der Waals surface area contributed by atoms with Crippen LogP contribution in [0, 0.1) is 18.3 Å². The van der Waals surface area contributed by atoms with Crippen LogP contribution in [0.2, 0.25) is 0 Å². The fourth-order valence-corrected chi connectivity index (χ4v) is 3.27. The number of nitrogens with zero attached hydrogens (tertiary/aromatic N) is 2. The lowest BCUT2D eigenvalue weighted by atomic mass is 10.1. The van der Waals surface area contributed by atoms with Crippen molar-refractivity contribution in [2.75, 3.05) is 0 Å². The number of rotatable bonds is 4. The highest BCUT2D eigenvalue weighted by atomic mass is 32.2. The predicted octanol–water partition coefficient (Wildman–Crippen LogP) is 2.30. The molecule has 0 bridgehead atoms. The Kier molecular flexibility index (Phi) is 4.36. The Labute approximate surface area is 124 Å². The van der Waals surface area contributed by atoms with Crippen LogP contribution in [0.4, 0.5) is 0 Å². The van der Waals surface area contributed by atoms with Gasteiger partial charge in [-0.3, -0.25) is 4.98 Å². The van der Waals surface area contributed by atoms with Gasteiger partial charge in [0.25, 0.3) is 0 Å². The van der Waals surface area contributed by atoms with E-state index in [4.69, 9.17) is 5.26 Å². The molecule has 1 unspecified atom stereocenters. The van der Waals surface area contributed by atoms with Crippen LogP contribution in [0.3, 0.4) is 0 Å². The SMILES string of the molecule is Cc1cc(S(=O)(=O)NC(C)c2ccncc2)ccc1C#N. The molecule has 2 rings (SSSR count). The maximum absolute atomic E-state index is 12.4. The van der Waals surface area contributed by atoms with Crippen molar-refractivity contribution in [1.82, 2.24) is 9.71 Å². The first-order valence-electron chi connectivity index (χ1n) is 6.37. The zero-order chi connectivity index (χ0) is 15.5. The van der Waals surface area contributed by atoms with Crippen LogP contribution in [0.25, 0.3) is 0 Å². The van der Waals surface area contributed by atoms with E-state index < -0.39 is 10.0 Å². The van der Waals surface area contributed by atoms with E-state index in [1.54, 1.807) is 38.4 Å². The standard InChI is InChI=1S/C15H15N3O2S/c1-11-9-15(4-3-14(11)10-16)21(19,20)18-12(2)13-5-7-17-8-6-13/h3-9,12,18H,1-2H3. The summed E-state index contributed by atoms with van der Waals surface area (Å²) in [5.74, 6) is 0. The molecule has 1 aromatic carbocycles. The van der Waals surface area contributed by atoms with E-state index in [0.29, 0.717) is 11.1 Å². The fraction of sp³-hybridized carbons (Fsp3) is 0.200. The summed E-state index contributed by atoms with van der Waals surface area (Å²) < 4.78 is 27.3. The lowest BCUT2D eigenvalue weighted by Gasteiger charge is -2.15. The normalized spacial score (nSPS) is 12.6. The Morgan fingerprint density at radius 3 is 2.48 bits per heavy atom. The van der Waals surface area contributed by atoms with Crippen LogP contribution in [0.15, 0.2) is 47.6 Å². The van der Waals surface area contributed by atoms with Crippen LogP contribution in [0.5, 0.6) is 0 Å². The lowest BCUT2D eigenvalue weighted by Crippen LogP contribution is -2.27. The largest absolute Gasteiger partial charge is 0.265 e. The molecule has 0 aliphatic rings. The molecule has 21 heavy (non-hydrogen) atoms. The third kappa shape index (κ3) is 3.45. The molecule has 0 saturated heterocycles. The summed E-state index contributed by atoms with van der Waals surface area (Å²) >= 11 is 0. The monoisotopic (exact) mass is 301 g/mol. The molecule has 1 heterocycles. The number of sulfonamides is 1. The van der Waals surface area contributed by atoms with Crippen molar-refractivity contribution in [1.29, 1.82) is 5.26 Å². The third-order valence-corrected chi connectivity index (χ3v) is 4.71. The minimum Gasteiger partial charge on any atom is -0.265 e. The molecule has 1 aromatic heterocycles. The minimum atomic E-state index is -3.63. The van der Waals surface area contributed by atoms with Gasteiger partial charge in [0.05, 0.1) is 16.5 Å². The molecule has 0 radical (unpaired) electrons. The Balaban J connectivity index is 2.27. The molecule has 0 amide bonds. The summed E-state index contributed by atoms with van der Waals surface area (Å²) in [6.07, 6.45) is 3.23. The van der Waals surface area contributed by atoms with E-state index in [0.717, 1.165) is 5.56 Å². The number of nitriles is 1. The molecule has 6 heteroatoms. The minimum absolute atomic E-state index is 0.153. The van der Waals surface area contributed by atoms with Gasteiger partial charge in [0, 0.05) is 18.4 Å². The number of hydrogen-bond donors (Lipinski definition) is 1. The summed E-state index contributed by atoms with van der Waals surface area (Å²) in [4.78, 5) is 4.06. The highest BCUT2D eigenvalue weighted by Crippen LogP contribution is 2.18. The van der Waals surface area contributed by atoms with Gasteiger partial charge in [0.15, 0.2) is 0 Å². The van der Waals surface area contributed by atoms with Crippen LogP contribution in [0.1, 0.15) is 29.7 Å². The number of aryl methyl sites for hydroxylation is 1. The van der Waals surface area contributed by atoms with Gasteiger partial charge in [-0.15, -0.1) is 0 Å². The van der Waals surface area contributed by atoms with E-state index >= 15 is 0 Å². The van der Waals surface area contributed by atoms with Crippen molar-refractivity contribution in [2.24, 2.45) is 0 Å². The highest BCUT2D eigenvalue weighted by Gasteiger charge is 2.19. The van der Waals surface area contributed by atoms with Crippen LogP contribution >= 0.6 is 0 Å². The molecule has 0 fully saturated rings. The van der Waals surface area contributed by atoms with Crippen LogP contribution in [-0.2, 0) is 10.0 Å². The van der Waals surface area contributed by atoms with Crippen molar-refractivity contribution in [2.45, 2.75) is 24.8 Å². The van der Waals surface area contributed by atoms with Gasteiger partial charge in [-0.2, -0.15) is 5.26 Å². The van der Waals surface area contributed by atoms with Gasteiger partial charge in [0.1, 0.15) is 0 Å². The summed E-state index contributed by atoms with van der Waals surface area (Å²) in [6.45, 7) is 3.48. The first-order chi connectivity index (χ1) is 9.94. The fourth-order valence-electron chi connectivity index (χ4n) is 1.95. The Morgan fingerprint density at radius 2 is 1.90 bits per heavy atom. The van der Waals surface area contributed by atoms with E-state index in [-0.39, 0.29) is 10.9 Å². The van der Waals surface area contributed by atoms with Crippen molar-refractivity contribution in [3.63, 3.8) is 0 Å². The molecule has 1 N–H and O–H groups in total. The first-order valence-corrected chi connectivity index (χ1v) is 7.85. The quantitative estimate of drug-likeness (QED) is 0.939. The summed E-state index contributed by atoms with van der Waals surface area (Å²) in [5.41, 5.74) is 1.94. The van der Waals surface area contributed by atoms with Crippen LogP contribution < -0.4 is 4.72 Å². The predicted molar refractivity (Wildman–Crippen MR) is 78.9 cm³/mol. The van der Waals surface area contributed by atoms with Gasteiger partial charge < -0.3 is 0 Å². The number of nitrogens with one attached hydrogen (secondary N) is 1. The summed E-state index contributed by atoms with van der Waals surface area (Å²) in [7, 11) is -3.63. The van der Waals surface area contributed by atoms with E-state index in [9.17, 15) is 8.42 Å². The van der Waals surface area contributed by atoms with Crippen LogP contribution in [-0.4, -0.2) is 13.4 Å². The van der Waals surface area contributed by atoms with Crippen molar-refractivity contribution >= 4 is 10.0 Å². The molecule has 5 nitrogen and oxygen atoms in total. The van der Waals surface area contributed by atoms with E-state index in [1.165, 1.54) is 18.2 Å². The van der Waals surface area contributed by atoms with E-state index in [1.807, 2.05) is 6.07 Å². The number of hydrogen-bond acceptors (Lipinski definition) is 4. The summed E-state index contributed by atoms with van der Waals surface area (Å²) in [6, 6.07) is 9.63. The zero-order valence-electron chi connectivity index (χ0n) is 11.7. The number of aromatic nitrogens is 1. The van der Waals surface area contributed by atoms with Crippen molar-refractivity contribution in [3.8, 4) is 6.07 Å². The second-order valence-electron chi connectivity index (χ2n) is 4.71. The summed E-state index contributed by atoms with van der Waals surface area (Å²) in [5, 5.41) is 8.89. The van der Waals surface area contributed by atoms with Gasteiger partial charge in [0.2, 0.25) is 10.0 Å². The Hall–Kier alpha value is -2.23. The molecule has 108 valence electrons. The Morgan fingerprint density at radius 1 is 1.24 bits per heavy atom. The lowest BCUT2D eigenvalue weighted by molar-refractivity contribution is 0.566. The second kappa shape index (κ2) is 6.04. The number of benzene rings is 1. The third-order valence-electron chi connectivity index (χ3n) is 3.17. The topological polar surface area (TPSA) is 82.8 Å². The molecular formula is C15H15N3O2S. The van der Waals surface area contributed by atoms with Gasteiger partial charge in [-0.1, -0.05) is 0 Å². The Bertz CT molecular complexity index is 780. The molecular weight excluding hydrogens is 286 g/mol. The highest BCUT2D eigenvalue weighted by molar-refractivity contribution is 7.89. The average molecular weight is 301 g/mol. The molecule has 0 aliphatic carbocycles. The van der Waals surface area contributed by atoms with Crippen molar-refractivity contribution < 1.29 is 8.42 Å². The first kappa shape index (κ1) is 15.2. The maximum atomic E-state index is 12.4. The van der Waals surface area contributed by atoms with E-state index in [2.05, 4.69) is 9.71 Å². The smallest absolute Gasteiger partial charge is 0.241 e. The molecule has 1 atom stereocenters. The average Bonchev–Trinajstić information content (AvgIpc) is 2.47. The van der Waals surface area contributed by atoms with Gasteiger partial charge >= 0.3 is 0 Å². The number of pyridine rings is 1. The molecule has 2 aromatic rings. The molecule has 0 spiro atoms. The van der Waals surface area contributed by atoms with Gasteiger partial charge in [-0.05, 0) is 55.3 Å².